The van der Waals surface area contributed by atoms with E-state index >= 15 is 0 Å². The lowest BCUT2D eigenvalue weighted by Crippen LogP contribution is -2.25. The van der Waals surface area contributed by atoms with Crippen molar-refractivity contribution >= 4 is 0 Å². The van der Waals surface area contributed by atoms with Crippen LogP contribution in [0.2, 0.25) is 0 Å². The first-order valence-electron chi connectivity index (χ1n) is 5.93. The van der Waals surface area contributed by atoms with Crippen LogP contribution in [0.4, 0.5) is 0 Å². The fraction of sp³-hybridized carbons (Fsp3) is 0.571. The summed E-state index contributed by atoms with van der Waals surface area (Å²) >= 11 is 0. The fourth-order valence-electron chi connectivity index (χ4n) is 2.18. The normalized spacial score (nSPS) is 18.1. The summed E-state index contributed by atoms with van der Waals surface area (Å²) in [4.78, 5) is 2.51. The van der Waals surface area contributed by atoms with Crippen molar-refractivity contribution in [2.75, 3.05) is 13.6 Å². The van der Waals surface area contributed by atoms with Gasteiger partial charge in [0.2, 0.25) is 0 Å². The Morgan fingerprint density at radius 2 is 2.13 bits per heavy atom. The third-order valence-electron chi connectivity index (χ3n) is 3.34. The van der Waals surface area contributed by atoms with Gasteiger partial charge in [-0.2, -0.15) is 0 Å². The van der Waals surface area contributed by atoms with Gasteiger partial charge in [0.1, 0.15) is 0 Å². The van der Waals surface area contributed by atoms with Crippen molar-refractivity contribution in [2.24, 2.45) is 0 Å². The van der Waals surface area contributed by atoms with Crippen molar-refractivity contribution in [1.82, 2.24) is 4.90 Å². The molecule has 0 N–H and O–H groups in total. The molecule has 1 heteroatoms. The van der Waals surface area contributed by atoms with E-state index in [2.05, 4.69) is 50.1 Å². The molecule has 82 valence electrons. The molecule has 1 fully saturated rings. The van der Waals surface area contributed by atoms with Crippen molar-refractivity contribution in [1.29, 1.82) is 0 Å². The number of aryl methyl sites for hydroxylation is 1. The van der Waals surface area contributed by atoms with Gasteiger partial charge in [-0.3, -0.25) is 0 Å². The maximum atomic E-state index is 2.51. The Labute approximate surface area is 93.1 Å². The standard InChI is InChI=1S/C14H21N/c1-11-5-4-6-13(9-11)12(2)10-15(3)14-7-8-14/h4-6,9,12,14H,7-8,10H2,1-3H3. The summed E-state index contributed by atoms with van der Waals surface area (Å²) in [6.45, 7) is 5.68. The van der Waals surface area contributed by atoms with Gasteiger partial charge in [0, 0.05) is 12.6 Å². The molecule has 1 aliphatic rings. The molecule has 15 heavy (non-hydrogen) atoms. The van der Waals surface area contributed by atoms with Crippen LogP contribution in [0.25, 0.3) is 0 Å². The highest BCUT2D eigenvalue weighted by atomic mass is 15.1. The summed E-state index contributed by atoms with van der Waals surface area (Å²) < 4.78 is 0. The van der Waals surface area contributed by atoms with Crippen LogP contribution in [0.3, 0.4) is 0 Å². The van der Waals surface area contributed by atoms with E-state index in [4.69, 9.17) is 0 Å². The molecule has 1 unspecified atom stereocenters. The monoisotopic (exact) mass is 203 g/mol. The van der Waals surface area contributed by atoms with Crippen LogP contribution in [0.1, 0.15) is 36.8 Å². The largest absolute Gasteiger partial charge is 0.303 e. The van der Waals surface area contributed by atoms with Crippen LogP contribution < -0.4 is 0 Å². The Kier molecular flexibility index (Phi) is 3.11. The van der Waals surface area contributed by atoms with Gasteiger partial charge in [-0.1, -0.05) is 36.8 Å². The summed E-state index contributed by atoms with van der Waals surface area (Å²) in [6, 6.07) is 9.76. The first kappa shape index (κ1) is 10.7. The van der Waals surface area contributed by atoms with Crippen molar-refractivity contribution in [3.8, 4) is 0 Å². The van der Waals surface area contributed by atoms with E-state index in [1.807, 2.05) is 0 Å². The van der Waals surface area contributed by atoms with Crippen molar-refractivity contribution in [3.63, 3.8) is 0 Å². The Morgan fingerprint density at radius 3 is 2.73 bits per heavy atom. The van der Waals surface area contributed by atoms with E-state index in [-0.39, 0.29) is 0 Å². The molecule has 0 spiro atoms. The fourth-order valence-corrected chi connectivity index (χ4v) is 2.18. The molecule has 1 saturated carbocycles. The van der Waals surface area contributed by atoms with Gasteiger partial charge in [0.25, 0.3) is 0 Å². The van der Waals surface area contributed by atoms with E-state index in [0.717, 1.165) is 6.04 Å². The van der Waals surface area contributed by atoms with Crippen LogP contribution in [0.15, 0.2) is 24.3 Å². The highest BCUT2D eigenvalue weighted by Crippen LogP contribution is 2.27. The predicted octanol–water partition coefficient (Wildman–Crippen LogP) is 3.19. The van der Waals surface area contributed by atoms with Crippen LogP contribution in [-0.2, 0) is 0 Å². The molecule has 0 heterocycles. The van der Waals surface area contributed by atoms with Gasteiger partial charge in [-0.25, -0.2) is 0 Å². The summed E-state index contributed by atoms with van der Waals surface area (Å²) in [5, 5.41) is 0. The van der Waals surface area contributed by atoms with E-state index < -0.39 is 0 Å². The minimum absolute atomic E-state index is 0.649. The molecule has 1 atom stereocenters. The van der Waals surface area contributed by atoms with Crippen molar-refractivity contribution in [3.05, 3.63) is 35.4 Å². The van der Waals surface area contributed by atoms with Crippen LogP contribution in [0, 0.1) is 6.92 Å². The summed E-state index contributed by atoms with van der Waals surface area (Å²) in [7, 11) is 2.25. The number of rotatable bonds is 4. The summed E-state index contributed by atoms with van der Waals surface area (Å²) in [5.41, 5.74) is 2.84. The zero-order valence-electron chi connectivity index (χ0n) is 10.0. The van der Waals surface area contributed by atoms with E-state index in [1.165, 1.54) is 30.5 Å². The Balaban J connectivity index is 1.97. The van der Waals surface area contributed by atoms with Gasteiger partial charge in [-0.05, 0) is 38.3 Å². The minimum atomic E-state index is 0.649. The van der Waals surface area contributed by atoms with Crippen molar-refractivity contribution in [2.45, 2.75) is 38.6 Å². The van der Waals surface area contributed by atoms with Gasteiger partial charge in [0.05, 0.1) is 0 Å². The first-order chi connectivity index (χ1) is 7.16. The number of likely N-dealkylation sites (N-methyl/N-ethyl adjacent to an activating group) is 1. The lowest BCUT2D eigenvalue weighted by atomic mass is 9.99. The number of hydrogen-bond donors (Lipinski definition) is 0. The molecule has 0 aromatic heterocycles. The molecule has 1 nitrogen and oxygen atoms in total. The van der Waals surface area contributed by atoms with Gasteiger partial charge in [-0.15, -0.1) is 0 Å². The second kappa shape index (κ2) is 4.36. The predicted molar refractivity (Wildman–Crippen MR) is 65.2 cm³/mol. The molecule has 0 aliphatic heterocycles. The quantitative estimate of drug-likeness (QED) is 0.726. The summed E-state index contributed by atoms with van der Waals surface area (Å²) in [6.07, 6.45) is 2.80. The average Bonchev–Trinajstić information content (AvgIpc) is 3.00. The Bertz CT molecular complexity index is 328. The van der Waals surface area contributed by atoms with Gasteiger partial charge < -0.3 is 4.90 Å². The third kappa shape index (κ3) is 2.82. The number of benzene rings is 1. The smallest absolute Gasteiger partial charge is 0.00936 e. The number of nitrogens with zero attached hydrogens (tertiary/aromatic N) is 1. The van der Waals surface area contributed by atoms with Crippen LogP contribution in [0.5, 0.6) is 0 Å². The lowest BCUT2D eigenvalue weighted by molar-refractivity contribution is 0.307. The first-order valence-corrected chi connectivity index (χ1v) is 5.93. The maximum absolute atomic E-state index is 2.51. The van der Waals surface area contributed by atoms with Crippen LogP contribution in [-0.4, -0.2) is 24.5 Å². The SMILES string of the molecule is Cc1cccc(C(C)CN(C)C2CC2)c1. The Morgan fingerprint density at radius 1 is 1.40 bits per heavy atom. The molecular formula is C14H21N. The van der Waals surface area contributed by atoms with Gasteiger partial charge in [0.15, 0.2) is 0 Å². The molecule has 1 aromatic carbocycles. The van der Waals surface area contributed by atoms with E-state index in [1.54, 1.807) is 0 Å². The lowest BCUT2D eigenvalue weighted by Gasteiger charge is -2.21. The highest BCUT2D eigenvalue weighted by molar-refractivity contribution is 5.25. The minimum Gasteiger partial charge on any atom is -0.303 e. The van der Waals surface area contributed by atoms with E-state index in [9.17, 15) is 0 Å². The zero-order chi connectivity index (χ0) is 10.8. The van der Waals surface area contributed by atoms with Crippen molar-refractivity contribution < 1.29 is 0 Å². The highest BCUT2D eigenvalue weighted by Gasteiger charge is 2.26. The van der Waals surface area contributed by atoms with E-state index in [0.29, 0.717) is 5.92 Å². The number of hydrogen-bond acceptors (Lipinski definition) is 1. The van der Waals surface area contributed by atoms with Crippen LogP contribution >= 0.6 is 0 Å². The molecule has 0 radical (unpaired) electrons. The molecule has 2 rings (SSSR count). The second-order valence-corrected chi connectivity index (χ2v) is 4.99. The van der Waals surface area contributed by atoms with Gasteiger partial charge >= 0.3 is 0 Å². The summed E-state index contributed by atoms with van der Waals surface area (Å²) in [5.74, 6) is 0.649. The molecule has 1 aromatic rings. The maximum Gasteiger partial charge on any atom is 0.00936 e. The molecule has 0 bridgehead atoms. The third-order valence-corrected chi connectivity index (χ3v) is 3.34. The zero-order valence-corrected chi connectivity index (χ0v) is 10.0. The molecular weight excluding hydrogens is 182 g/mol. The average molecular weight is 203 g/mol. The molecule has 0 saturated heterocycles. The molecule has 0 amide bonds. The Hall–Kier alpha value is -0.820. The topological polar surface area (TPSA) is 3.24 Å². The molecule has 1 aliphatic carbocycles. The second-order valence-electron chi connectivity index (χ2n) is 4.99.